The summed E-state index contributed by atoms with van der Waals surface area (Å²) in [4.78, 5) is 3.65. The van der Waals surface area contributed by atoms with Crippen molar-refractivity contribution in [3.05, 3.63) is 29.6 Å². The van der Waals surface area contributed by atoms with Gasteiger partial charge >= 0.3 is 6.18 Å². The van der Waals surface area contributed by atoms with Crippen LogP contribution in [0.25, 0.3) is 5.65 Å². The number of nitriles is 1. The molecule has 9 heteroatoms. The van der Waals surface area contributed by atoms with E-state index in [0.717, 1.165) is 12.1 Å². The Morgan fingerprint density at radius 2 is 2.05 bits per heavy atom. The third-order valence-corrected chi connectivity index (χ3v) is 4.32. The van der Waals surface area contributed by atoms with Gasteiger partial charge in [0, 0.05) is 0 Å². The molecule has 2 aromatic rings. The number of halogens is 3. The van der Waals surface area contributed by atoms with Crippen LogP contribution in [-0.4, -0.2) is 23.6 Å². The Kier molecular flexibility index (Phi) is 3.21. The van der Waals surface area contributed by atoms with Gasteiger partial charge in [-0.15, -0.1) is 0 Å². The van der Waals surface area contributed by atoms with Gasteiger partial charge in [-0.05, 0) is 12.1 Å². The average Bonchev–Trinajstić information content (AvgIpc) is 2.76. The largest absolute Gasteiger partial charge is 0.431 e. The number of hydrogen-bond donors (Lipinski definition) is 0. The standard InChI is InChI=1S/C11H8F3N3O2S/c1-2-20(18,19)10-7(6-15)17-8(11(12,13)14)4-3-5-9(17)16-10/h3-5H,2H2,1H3. The van der Waals surface area contributed by atoms with Crippen molar-refractivity contribution in [2.45, 2.75) is 18.1 Å². The first-order valence-electron chi connectivity index (χ1n) is 5.44. The molecule has 0 aromatic carbocycles. The summed E-state index contributed by atoms with van der Waals surface area (Å²) in [6.45, 7) is 1.32. The topological polar surface area (TPSA) is 75.2 Å². The number of nitrogens with zero attached hydrogens (tertiary/aromatic N) is 3. The lowest BCUT2D eigenvalue weighted by atomic mass is 10.3. The summed E-state index contributed by atoms with van der Waals surface area (Å²) in [6.07, 6.45) is -4.72. The van der Waals surface area contributed by atoms with Crippen molar-refractivity contribution in [1.82, 2.24) is 9.38 Å². The van der Waals surface area contributed by atoms with E-state index in [0.29, 0.717) is 4.40 Å². The van der Waals surface area contributed by atoms with Crippen LogP contribution in [0.4, 0.5) is 13.2 Å². The molecule has 0 aliphatic rings. The summed E-state index contributed by atoms with van der Waals surface area (Å²) in [5, 5.41) is 8.39. The molecule has 0 radical (unpaired) electrons. The average molecular weight is 303 g/mol. The van der Waals surface area contributed by atoms with E-state index in [2.05, 4.69) is 4.98 Å². The van der Waals surface area contributed by atoms with E-state index in [9.17, 15) is 21.6 Å². The van der Waals surface area contributed by atoms with Crippen LogP contribution in [0.1, 0.15) is 18.3 Å². The first kappa shape index (κ1) is 14.3. The van der Waals surface area contributed by atoms with Gasteiger partial charge in [0.25, 0.3) is 0 Å². The number of pyridine rings is 1. The van der Waals surface area contributed by atoms with Crippen molar-refractivity contribution in [2.24, 2.45) is 0 Å². The fourth-order valence-corrected chi connectivity index (χ4v) is 2.68. The highest BCUT2D eigenvalue weighted by Gasteiger charge is 2.36. The van der Waals surface area contributed by atoms with Crippen molar-refractivity contribution in [1.29, 1.82) is 5.26 Å². The molecule has 2 heterocycles. The number of hydrogen-bond acceptors (Lipinski definition) is 4. The summed E-state index contributed by atoms with van der Waals surface area (Å²) < 4.78 is 62.9. The SMILES string of the molecule is CCS(=O)(=O)c1nc2cccc(C(F)(F)F)n2c1C#N. The number of imidazole rings is 1. The van der Waals surface area contributed by atoms with E-state index in [4.69, 9.17) is 5.26 Å². The lowest BCUT2D eigenvalue weighted by molar-refractivity contribution is -0.142. The van der Waals surface area contributed by atoms with Crippen LogP contribution in [-0.2, 0) is 16.0 Å². The molecular weight excluding hydrogens is 295 g/mol. The van der Waals surface area contributed by atoms with Crippen LogP contribution >= 0.6 is 0 Å². The van der Waals surface area contributed by atoms with Crippen molar-refractivity contribution in [2.75, 3.05) is 5.75 Å². The van der Waals surface area contributed by atoms with Gasteiger partial charge in [0.1, 0.15) is 17.4 Å². The molecule has 0 atom stereocenters. The van der Waals surface area contributed by atoms with E-state index in [1.807, 2.05) is 0 Å². The molecule has 0 saturated heterocycles. The molecule has 0 amide bonds. The molecule has 0 aliphatic heterocycles. The number of sulfone groups is 1. The van der Waals surface area contributed by atoms with Crippen LogP contribution < -0.4 is 0 Å². The fraction of sp³-hybridized carbons (Fsp3) is 0.273. The molecule has 20 heavy (non-hydrogen) atoms. The second kappa shape index (κ2) is 4.49. The molecule has 2 aromatic heterocycles. The lowest BCUT2D eigenvalue weighted by Crippen LogP contribution is -2.13. The maximum atomic E-state index is 12.9. The predicted molar refractivity (Wildman–Crippen MR) is 62.6 cm³/mol. The molecule has 0 fully saturated rings. The maximum Gasteiger partial charge on any atom is 0.431 e. The van der Waals surface area contributed by atoms with Crippen LogP contribution in [0.3, 0.4) is 0 Å². The third kappa shape index (κ3) is 2.12. The normalized spacial score (nSPS) is 12.6. The molecule has 2 rings (SSSR count). The Bertz CT molecular complexity index is 816. The van der Waals surface area contributed by atoms with Crippen molar-refractivity contribution in [3.63, 3.8) is 0 Å². The van der Waals surface area contributed by atoms with Crippen molar-refractivity contribution >= 4 is 15.5 Å². The zero-order valence-electron chi connectivity index (χ0n) is 10.1. The Labute approximate surface area is 112 Å². The zero-order chi connectivity index (χ0) is 15.1. The molecular formula is C11H8F3N3O2S. The third-order valence-electron chi connectivity index (χ3n) is 2.68. The van der Waals surface area contributed by atoms with Crippen molar-refractivity contribution < 1.29 is 21.6 Å². The van der Waals surface area contributed by atoms with Gasteiger partial charge < -0.3 is 0 Å². The van der Waals surface area contributed by atoms with Gasteiger partial charge in [-0.1, -0.05) is 13.0 Å². The molecule has 5 nitrogen and oxygen atoms in total. The van der Waals surface area contributed by atoms with E-state index >= 15 is 0 Å². The quantitative estimate of drug-likeness (QED) is 0.850. The van der Waals surface area contributed by atoms with Crippen LogP contribution in [0, 0.1) is 11.3 Å². The van der Waals surface area contributed by atoms with Gasteiger partial charge in [-0.3, -0.25) is 4.40 Å². The number of rotatable bonds is 2. The highest BCUT2D eigenvalue weighted by atomic mass is 32.2. The molecule has 0 unspecified atom stereocenters. The Morgan fingerprint density at radius 3 is 2.55 bits per heavy atom. The smallest absolute Gasteiger partial charge is 0.278 e. The van der Waals surface area contributed by atoms with Crippen LogP contribution in [0.15, 0.2) is 23.2 Å². The molecule has 0 N–H and O–H groups in total. The summed E-state index contributed by atoms with van der Waals surface area (Å²) in [7, 11) is -3.89. The number of fused-ring (bicyclic) bond motifs is 1. The number of alkyl halides is 3. The van der Waals surface area contributed by atoms with E-state index < -0.39 is 32.4 Å². The van der Waals surface area contributed by atoms with Gasteiger partial charge in [-0.25, -0.2) is 13.4 Å². The highest BCUT2D eigenvalue weighted by Crippen LogP contribution is 2.31. The summed E-state index contributed by atoms with van der Waals surface area (Å²) in [5.41, 5.74) is -2.00. The van der Waals surface area contributed by atoms with Gasteiger partial charge in [0.05, 0.1) is 5.75 Å². The van der Waals surface area contributed by atoms with Crippen molar-refractivity contribution in [3.8, 4) is 6.07 Å². The number of aromatic nitrogens is 2. The van der Waals surface area contributed by atoms with Crippen LogP contribution in [0.2, 0.25) is 0 Å². The summed E-state index contributed by atoms with van der Waals surface area (Å²) in [5.74, 6) is -0.354. The van der Waals surface area contributed by atoms with Crippen LogP contribution in [0.5, 0.6) is 0 Å². The molecule has 106 valence electrons. The molecule has 0 saturated carbocycles. The van der Waals surface area contributed by atoms with Gasteiger partial charge in [-0.2, -0.15) is 18.4 Å². The Morgan fingerprint density at radius 1 is 1.40 bits per heavy atom. The highest BCUT2D eigenvalue weighted by molar-refractivity contribution is 7.91. The lowest BCUT2D eigenvalue weighted by Gasteiger charge is -2.09. The Balaban J connectivity index is 2.96. The van der Waals surface area contributed by atoms with E-state index in [1.54, 1.807) is 0 Å². The first-order chi connectivity index (χ1) is 9.22. The molecule has 0 spiro atoms. The van der Waals surface area contributed by atoms with E-state index in [-0.39, 0.29) is 11.4 Å². The maximum absolute atomic E-state index is 12.9. The van der Waals surface area contributed by atoms with Gasteiger partial charge in [0.2, 0.25) is 0 Å². The zero-order valence-corrected chi connectivity index (χ0v) is 11.0. The van der Waals surface area contributed by atoms with Gasteiger partial charge in [0.15, 0.2) is 20.6 Å². The van der Waals surface area contributed by atoms with E-state index in [1.165, 1.54) is 19.1 Å². The summed E-state index contributed by atoms with van der Waals surface area (Å²) >= 11 is 0. The minimum absolute atomic E-state index is 0.233. The Hall–Kier alpha value is -2.08. The second-order valence-corrected chi connectivity index (χ2v) is 6.08. The minimum Gasteiger partial charge on any atom is -0.278 e. The predicted octanol–water partition coefficient (Wildman–Crippen LogP) is 2.02. The molecule has 0 bridgehead atoms. The monoisotopic (exact) mass is 303 g/mol. The second-order valence-electron chi connectivity index (χ2n) is 3.88. The first-order valence-corrected chi connectivity index (χ1v) is 7.09. The molecule has 0 aliphatic carbocycles. The summed E-state index contributed by atoms with van der Waals surface area (Å²) in [6, 6.07) is 4.57. The fourth-order valence-electron chi connectivity index (χ4n) is 1.75. The minimum atomic E-state index is -4.72.